The average Bonchev–Trinajstić information content (AvgIpc) is 2.45. The van der Waals surface area contributed by atoms with Gasteiger partial charge in [-0.05, 0) is 30.0 Å². The van der Waals surface area contributed by atoms with Gasteiger partial charge in [-0.3, -0.25) is 9.80 Å². The van der Waals surface area contributed by atoms with Crippen LogP contribution in [0.5, 0.6) is 0 Å². The van der Waals surface area contributed by atoms with Gasteiger partial charge in [0.25, 0.3) is 0 Å². The van der Waals surface area contributed by atoms with E-state index in [2.05, 4.69) is 23.6 Å². The monoisotopic (exact) mass is 312 g/mol. The van der Waals surface area contributed by atoms with Crippen LogP contribution in [0.25, 0.3) is 0 Å². The summed E-state index contributed by atoms with van der Waals surface area (Å²) in [6.07, 6.45) is 0.751. The van der Waals surface area contributed by atoms with Gasteiger partial charge in [-0.1, -0.05) is 19.9 Å². The summed E-state index contributed by atoms with van der Waals surface area (Å²) in [5.74, 6) is -0.995. The zero-order valence-electron chi connectivity index (χ0n) is 13.4. The first-order chi connectivity index (χ1) is 10.5. The fourth-order valence-corrected chi connectivity index (χ4v) is 3.13. The molecule has 1 N–H and O–H groups in total. The Labute approximate surface area is 131 Å². The molecule has 1 aromatic carbocycles. The first-order valence-corrected chi connectivity index (χ1v) is 8.00. The fourth-order valence-electron chi connectivity index (χ4n) is 3.13. The van der Waals surface area contributed by atoms with E-state index >= 15 is 0 Å². The van der Waals surface area contributed by atoms with E-state index in [9.17, 15) is 13.9 Å². The van der Waals surface area contributed by atoms with Crippen LogP contribution in [0.4, 0.5) is 8.78 Å². The van der Waals surface area contributed by atoms with E-state index in [-0.39, 0.29) is 6.61 Å². The minimum absolute atomic E-state index is 0.179. The van der Waals surface area contributed by atoms with Gasteiger partial charge < -0.3 is 5.11 Å². The van der Waals surface area contributed by atoms with Crippen LogP contribution >= 0.6 is 0 Å². The fraction of sp³-hybridized carbons (Fsp3) is 0.647. The summed E-state index contributed by atoms with van der Waals surface area (Å²) in [4.78, 5) is 4.69. The first kappa shape index (κ1) is 17.3. The number of hydrogen-bond acceptors (Lipinski definition) is 3. The van der Waals surface area contributed by atoms with Crippen LogP contribution in [0.1, 0.15) is 25.8 Å². The molecular weight excluding hydrogens is 286 g/mol. The third-order valence-corrected chi connectivity index (χ3v) is 4.14. The van der Waals surface area contributed by atoms with Gasteiger partial charge in [0, 0.05) is 45.4 Å². The SMILES string of the molecule is CC(C)CN1CCN(Cc2ccc(F)c(F)c2)C[C@@H]1CCO. The van der Waals surface area contributed by atoms with Crippen molar-refractivity contribution in [2.45, 2.75) is 32.9 Å². The summed E-state index contributed by atoms with van der Waals surface area (Å²) in [6.45, 7) is 8.94. The molecule has 124 valence electrons. The summed E-state index contributed by atoms with van der Waals surface area (Å²) in [6, 6.07) is 4.42. The van der Waals surface area contributed by atoms with Gasteiger partial charge in [0.15, 0.2) is 11.6 Å². The number of halogens is 2. The molecule has 22 heavy (non-hydrogen) atoms. The molecule has 0 bridgehead atoms. The molecule has 1 aromatic rings. The van der Waals surface area contributed by atoms with Crippen molar-refractivity contribution >= 4 is 0 Å². The highest BCUT2D eigenvalue weighted by atomic mass is 19.2. The van der Waals surface area contributed by atoms with Crippen LogP contribution < -0.4 is 0 Å². The normalized spacial score (nSPS) is 20.7. The van der Waals surface area contributed by atoms with Crippen LogP contribution in [0.3, 0.4) is 0 Å². The molecular formula is C17H26F2N2O. The Kier molecular flexibility index (Phi) is 6.29. The number of piperazine rings is 1. The van der Waals surface area contributed by atoms with Crippen molar-refractivity contribution in [3.8, 4) is 0 Å². The molecule has 0 aliphatic carbocycles. The Hall–Kier alpha value is -1.04. The van der Waals surface area contributed by atoms with E-state index in [1.807, 2.05) is 0 Å². The molecule has 0 unspecified atom stereocenters. The van der Waals surface area contributed by atoms with Crippen LogP contribution in [-0.4, -0.2) is 53.7 Å². The molecule has 3 nitrogen and oxygen atoms in total. The van der Waals surface area contributed by atoms with E-state index in [0.29, 0.717) is 18.5 Å². The molecule has 1 atom stereocenters. The van der Waals surface area contributed by atoms with Gasteiger partial charge in [0.05, 0.1) is 0 Å². The minimum Gasteiger partial charge on any atom is -0.396 e. The largest absolute Gasteiger partial charge is 0.396 e. The van der Waals surface area contributed by atoms with Crippen LogP contribution in [0, 0.1) is 17.6 Å². The van der Waals surface area contributed by atoms with Crippen molar-refractivity contribution in [1.29, 1.82) is 0 Å². The zero-order valence-corrected chi connectivity index (χ0v) is 13.4. The van der Waals surface area contributed by atoms with E-state index in [4.69, 9.17) is 0 Å². The zero-order chi connectivity index (χ0) is 16.1. The smallest absolute Gasteiger partial charge is 0.159 e. The highest BCUT2D eigenvalue weighted by Crippen LogP contribution is 2.18. The Morgan fingerprint density at radius 3 is 2.64 bits per heavy atom. The third kappa shape index (κ3) is 4.73. The second-order valence-corrected chi connectivity index (χ2v) is 6.54. The molecule has 0 radical (unpaired) electrons. The van der Waals surface area contributed by atoms with Gasteiger partial charge >= 0.3 is 0 Å². The number of aliphatic hydroxyl groups is 1. The average molecular weight is 312 g/mol. The molecule has 0 spiro atoms. The summed E-state index contributed by atoms with van der Waals surface area (Å²) >= 11 is 0. The Balaban J connectivity index is 1.97. The lowest BCUT2D eigenvalue weighted by Gasteiger charge is -2.42. The van der Waals surface area contributed by atoms with Crippen molar-refractivity contribution in [3.05, 3.63) is 35.4 Å². The summed E-state index contributed by atoms with van der Waals surface area (Å²) < 4.78 is 26.3. The van der Waals surface area contributed by atoms with Gasteiger partial charge in [-0.2, -0.15) is 0 Å². The van der Waals surface area contributed by atoms with Gasteiger partial charge in [0.2, 0.25) is 0 Å². The molecule has 1 fully saturated rings. The lowest BCUT2D eigenvalue weighted by molar-refractivity contribution is 0.0476. The lowest BCUT2D eigenvalue weighted by atomic mass is 10.1. The van der Waals surface area contributed by atoms with Crippen molar-refractivity contribution in [2.75, 3.05) is 32.8 Å². The number of aliphatic hydroxyl groups excluding tert-OH is 1. The maximum absolute atomic E-state index is 13.3. The minimum atomic E-state index is -0.802. The molecule has 2 rings (SSSR count). The number of nitrogens with zero attached hydrogens (tertiary/aromatic N) is 2. The summed E-state index contributed by atoms with van der Waals surface area (Å²) in [7, 11) is 0. The Bertz CT molecular complexity index is 482. The number of benzene rings is 1. The maximum Gasteiger partial charge on any atom is 0.159 e. The number of hydrogen-bond donors (Lipinski definition) is 1. The standard InChI is InChI=1S/C17H26F2N2O/c1-13(2)10-21-7-6-20(12-15(21)5-8-22)11-14-3-4-16(18)17(19)9-14/h3-4,9,13,15,22H,5-8,10-12H2,1-2H3/t15-/m0/s1. The number of rotatable bonds is 6. The van der Waals surface area contributed by atoms with Gasteiger partial charge in [0.1, 0.15) is 0 Å². The molecule has 5 heteroatoms. The lowest BCUT2D eigenvalue weighted by Crippen LogP contribution is -2.53. The third-order valence-electron chi connectivity index (χ3n) is 4.14. The van der Waals surface area contributed by atoms with Crippen LogP contribution in [0.15, 0.2) is 18.2 Å². The molecule has 1 heterocycles. The summed E-state index contributed by atoms with van der Waals surface area (Å²) in [5.41, 5.74) is 0.791. The highest BCUT2D eigenvalue weighted by molar-refractivity contribution is 5.17. The van der Waals surface area contributed by atoms with E-state index < -0.39 is 11.6 Å². The Morgan fingerprint density at radius 1 is 1.23 bits per heavy atom. The molecule has 0 aromatic heterocycles. The molecule has 1 aliphatic rings. The van der Waals surface area contributed by atoms with Crippen molar-refractivity contribution in [3.63, 3.8) is 0 Å². The first-order valence-electron chi connectivity index (χ1n) is 8.00. The van der Waals surface area contributed by atoms with E-state index in [1.165, 1.54) is 12.1 Å². The Morgan fingerprint density at radius 2 is 2.00 bits per heavy atom. The van der Waals surface area contributed by atoms with E-state index in [0.717, 1.165) is 38.2 Å². The molecule has 1 aliphatic heterocycles. The van der Waals surface area contributed by atoms with Gasteiger partial charge in [-0.15, -0.1) is 0 Å². The van der Waals surface area contributed by atoms with Crippen LogP contribution in [-0.2, 0) is 6.54 Å². The summed E-state index contributed by atoms with van der Waals surface area (Å²) in [5, 5.41) is 9.28. The predicted octanol–water partition coefficient (Wildman–Crippen LogP) is 2.49. The highest BCUT2D eigenvalue weighted by Gasteiger charge is 2.26. The quantitative estimate of drug-likeness (QED) is 0.874. The van der Waals surface area contributed by atoms with Crippen molar-refractivity contribution in [1.82, 2.24) is 9.80 Å². The maximum atomic E-state index is 13.3. The second kappa shape index (κ2) is 7.99. The van der Waals surface area contributed by atoms with Crippen molar-refractivity contribution in [2.24, 2.45) is 5.92 Å². The van der Waals surface area contributed by atoms with Crippen LogP contribution in [0.2, 0.25) is 0 Å². The molecule has 0 amide bonds. The van der Waals surface area contributed by atoms with Gasteiger partial charge in [-0.25, -0.2) is 8.78 Å². The predicted molar refractivity (Wildman–Crippen MR) is 83.5 cm³/mol. The second-order valence-electron chi connectivity index (χ2n) is 6.54. The molecule has 0 saturated carbocycles. The topological polar surface area (TPSA) is 26.7 Å². The van der Waals surface area contributed by atoms with Crippen molar-refractivity contribution < 1.29 is 13.9 Å². The van der Waals surface area contributed by atoms with E-state index in [1.54, 1.807) is 6.07 Å². The molecule has 1 saturated heterocycles.